The Morgan fingerprint density at radius 3 is 3.05 bits per heavy atom. The zero-order valence-electron chi connectivity index (χ0n) is 11.8. The molecule has 110 valence electrons. The lowest BCUT2D eigenvalue weighted by atomic mass is 10.2. The first-order valence-electron chi connectivity index (χ1n) is 6.88. The van der Waals surface area contributed by atoms with E-state index in [1.54, 1.807) is 19.1 Å². The average molecular weight is 298 g/mol. The molecule has 1 aliphatic rings. The number of hydrogen-bond donors (Lipinski definition) is 1. The molecule has 1 amide bonds. The van der Waals surface area contributed by atoms with Crippen LogP contribution in [0.3, 0.4) is 0 Å². The van der Waals surface area contributed by atoms with Crippen LogP contribution >= 0.6 is 11.6 Å². The van der Waals surface area contributed by atoms with Crippen molar-refractivity contribution in [2.45, 2.75) is 38.9 Å². The summed E-state index contributed by atoms with van der Waals surface area (Å²) in [5, 5.41) is 3.54. The zero-order chi connectivity index (χ0) is 14.5. The largest absolute Gasteiger partial charge is 0.481 e. The molecular weight excluding hydrogens is 278 g/mol. The van der Waals surface area contributed by atoms with Crippen LogP contribution in [0.2, 0.25) is 5.02 Å². The minimum Gasteiger partial charge on any atom is -0.481 e. The number of halogens is 1. The van der Waals surface area contributed by atoms with Crippen LogP contribution in [0.4, 0.5) is 0 Å². The summed E-state index contributed by atoms with van der Waals surface area (Å²) >= 11 is 5.95. The Bertz CT molecular complexity index is 472. The van der Waals surface area contributed by atoms with Gasteiger partial charge in [0.2, 0.25) is 0 Å². The highest BCUT2D eigenvalue weighted by molar-refractivity contribution is 6.31. The highest BCUT2D eigenvalue weighted by Crippen LogP contribution is 2.21. The molecule has 1 heterocycles. The second-order valence-corrected chi connectivity index (χ2v) is 5.46. The Labute approximate surface area is 124 Å². The van der Waals surface area contributed by atoms with Gasteiger partial charge in [-0.25, -0.2) is 0 Å². The number of rotatable bonds is 5. The van der Waals surface area contributed by atoms with Gasteiger partial charge in [-0.1, -0.05) is 11.6 Å². The first-order chi connectivity index (χ1) is 9.56. The molecule has 1 aromatic rings. The van der Waals surface area contributed by atoms with Gasteiger partial charge in [-0.3, -0.25) is 4.79 Å². The standard InChI is InChI=1S/C15H20ClNO3/c1-10-8-12(5-6-14(10)16)20-11(2)15(18)17-9-13-4-3-7-19-13/h5-6,8,11,13H,3-4,7,9H2,1-2H3,(H,17,18)/t11-,13-/m0/s1. The van der Waals surface area contributed by atoms with Gasteiger partial charge in [0.15, 0.2) is 6.10 Å². The Morgan fingerprint density at radius 1 is 1.60 bits per heavy atom. The molecule has 0 bridgehead atoms. The molecular formula is C15H20ClNO3. The van der Waals surface area contributed by atoms with E-state index in [-0.39, 0.29) is 12.0 Å². The summed E-state index contributed by atoms with van der Waals surface area (Å²) in [5.74, 6) is 0.514. The van der Waals surface area contributed by atoms with Crippen molar-refractivity contribution in [3.8, 4) is 5.75 Å². The predicted molar refractivity (Wildman–Crippen MR) is 78.3 cm³/mol. The van der Waals surface area contributed by atoms with Crippen LogP contribution < -0.4 is 10.1 Å². The first kappa shape index (κ1) is 15.1. The van der Waals surface area contributed by atoms with E-state index < -0.39 is 6.10 Å². The lowest BCUT2D eigenvalue weighted by Gasteiger charge is -2.17. The molecule has 0 spiro atoms. The van der Waals surface area contributed by atoms with Gasteiger partial charge in [0.05, 0.1) is 6.10 Å². The van der Waals surface area contributed by atoms with E-state index in [1.807, 2.05) is 13.0 Å². The molecule has 1 aliphatic heterocycles. The molecule has 2 rings (SSSR count). The monoisotopic (exact) mass is 297 g/mol. The van der Waals surface area contributed by atoms with Gasteiger partial charge < -0.3 is 14.8 Å². The van der Waals surface area contributed by atoms with Gasteiger partial charge >= 0.3 is 0 Å². The number of nitrogens with one attached hydrogen (secondary N) is 1. The second-order valence-electron chi connectivity index (χ2n) is 5.05. The van der Waals surface area contributed by atoms with Gasteiger partial charge in [0, 0.05) is 18.2 Å². The molecule has 4 nitrogen and oxygen atoms in total. The summed E-state index contributed by atoms with van der Waals surface area (Å²) in [6.07, 6.45) is 1.67. The maximum absolute atomic E-state index is 11.9. The van der Waals surface area contributed by atoms with E-state index in [0.717, 1.165) is 25.0 Å². The molecule has 0 radical (unpaired) electrons. The molecule has 1 saturated heterocycles. The smallest absolute Gasteiger partial charge is 0.260 e. The molecule has 0 aromatic heterocycles. The van der Waals surface area contributed by atoms with Crippen LogP contribution in [0.1, 0.15) is 25.3 Å². The highest BCUT2D eigenvalue weighted by Gasteiger charge is 2.19. The van der Waals surface area contributed by atoms with Gasteiger partial charge in [-0.2, -0.15) is 0 Å². The van der Waals surface area contributed by atoms with Crippen molar-refractivity contribution in [2.75, 3.05) is 13.2 Å². The van der Waals surface area contributed by atoms with Crippen molar-refractivity contribution in [3.63, 3.8) is 0 Å². The predicted octanol–water partition coefficient (Wildman–Crippen LogP) is 2.71. The summed E-state index contributed by atoms with van der Waals surface area (Å²) in [7, 11) is 0. The molecule has 1 N–H and O–H groups in total. The number of ether oxygens (including phenoxy) is 2. The Balaban J connectivity index is 1.81. The minimum absolute atomic E-state index is 0.131. The second kappa shape index (κ2) is 6.95. The number of carbonyl (C=O) groups is 1. The molecule has 20 heavy (non-hydrogen) atoms. The van der Waals surface area contributed by atoms with Crippen molar-refractivity contribution < 1.29 is 14.3 Å². The van der Waals surface area contributed by atoms with Gasteiger partial charge in [0.1, 0.15) is 5.75 Å². The SMILES string of the molecule is Cc1cc(O[C@@H](C)C(=O)NC[C@@H]2CCCO2)ccc1Cl. The van der Waals surface area contributed by atoms with Crippen molar-refractivity contribution in [3.05, 3.63) is 28.8 Å². The van der Waals surface area contributed by atoms with E-state index in [9.17, 15) is 4.79 Å². The van der Waals surface area contributed by atoms with Crippen LogP contribution in [-0.2, 0) is 9.53 Å². The maximum atomic E-state index is 11.9. The number of benzene rings is 1. The van der Waals surface area contributed by atoms with Crippen molar-refractivity contribution >= 4 is 17.5 Å². The third-order valence-corrected chi connectivity index (χ3v) is 3.76. The summed E-state index contributed by atoms with van der Waals surface area (Å²) in [4.78, 5) is 11.9. The van der Waals surface area contributed by atoms with E-state index in [4.69, 9.17) is 21.1 Å². The molecule has 1 aromatic carbocycles. The number of amides is 1. The van der Waals surface area contributed by atoms with E-state index in [0.29, 0.717) is 17.3 Å². The maximum Gasteiger partial charge on any atom is 0.260 e. The van der Waals surface area contributed by atoms with Gasteiger partial charge in [-0.05, 0) is 50.5 Å². The van der Waals surface area contributed by atoms with Crippen molar-refractivity contribution in [1.29, 1.82) is 0 Å². The molecule has 5 heteroatoms. The fraction of sp³-hybridized carbons (Fsp3) is 0.533. The average Bonchev–Trinajstić information content (AvgIpc) is 2.93. The summed E-state index contributed by atoms with van der Waals surface area (Å²) in [6, 6.07) is 5.36. The van der Waals surface area contributed by atoms with E-state index >= 15 is 0 Å². The van der Waals surface area contributed by atoms with Crippen molar-refractivity contribution in [2.24, 2.45) is 0 Å². The summed E-state index contributed by atoms with van der Waals surface area (Å²) < 4.78 is 11.1. The number of hydrogen-bond acceptors (Lipinski definition) is 3. The van der Waals surface area contributed by atoms with Crippen LogP contribution in [0.5, 0.6) is 5.75 Å². The number of aryl methyl sites for hydroxylation is 1. The van der Waals surface area contributed by atoms with Crippen LogP contribution in [0.25, 0.3) is 0 Å². The molecule has 0 unspecified atom stereocenters. The van der Waals surface area contributed by atoms with E-state index in [2.05, 4.69) is 5.32 Å². The molecule has 0 aliphatic carbocycles. The Hall–Kier alpha value is -1.26. The fourth-order valence-electron chi connectivity index (χ4n) is 2.11. The van der Waals surface area contributed by atoms with Crippen LogP contribution in [0.15, 0.2) is 18.2 Å². The number of carbonyl (C=O) groups excluding carboxylic acids is 1. The molecule has 0 saturated carbocycles. The lowest BCUT2D eigenvalue weighted by Crippen LogP contribution is -2.40. The van der Waals surface area contributed by atoms with Crippen LogP contribution in [0, 0.1) is 6.92 Å². The Morgan fingerprint density at radius 2 is 2.40 bits per heavy atom. The third-order valence-electron chi connectivity index (χ3n) is 3.34. The minimum atomic E-state index is -0.544. The summed E-state index contributed by atoms with van der Waals surface area (Å²) in [6.45, 7) is 4.97. The normalized spacial score (nSPS) is 19.6. The van der Waals surface area contributed by atoms with E-state index in [1.165, 1.54) is 0 Å². The molecule has 2 atom stereocenters. The first-order valence-corrected chi connectivity index (χ1v) is 7.26. The molecule has 1 fully saturated rings. The zero-order valence-corrected chi connectivity index (χ0v) is 12.6. The topological polar surface area (TPSA) is 47.6 Å². The highest BCUT2D eigenvalue weighted by atomic mass is 35.5. The fourth-order valence-corrected chi connectivity index (χ4v) is 2.23. The lowest BCUT2D eigenvalue weighted by molar-refractivity contribution is -0.127. The van der Waals surface area contributed by atoms with Crippen LogP contribution in [-0.4, -0.2) is 31.3 Å². The Kier molecular flexibility index (Phi) is 5.26. The quantitative estimate of drug-likeness (QED) is 0.909. The summed E-state index contributed by atoms with van der Waals surface area (Å²) in [5.41, 5.74) is 0.927. The van der Waals surface area contributed by atoms with Crippen molar-refractivity contribution in [1.82, 2.24) is 5.32 Å². The van der Waals surface area contributed by atoms with Gasteiger partial charge in [-0.15, -0.1) is 0 Å². The van der Waals surface area contributed by atoms with Gasteiger partial charge in [0.25, 0.3) is 5.91 Å². The third kappa shape index (κ3) is 4.12.